The first kappa shape index (κ1) is 16.9. The van der Waals surface area contributed by atoms with Crippen molar-refractivity contribution < 1.29 is 10.0 Å². The zero-order valence-electron chi connectivity index (χ0n) is 11.8. The largest absolute Gasteiger partial charge is 0.392 e. The van der Waals surface area contributed by atoms with E-state index in [1.54, 1.807) is 12.1 Å². The van der Waals surface area contributed by atoms with Crippen molar-refractivity contribution in [2.45, 2.75) is 39.3 Å². The molecule has 112 valence electrons. The zero-order valence-corrected chi connectivity index (χ0v) is 12.6. The molecule has 20 heavy (non-hydrogen) atoms. The van der Waals surface area contributed by atoms with Crippen LogP contribution < -0.4 is 5.32 Å². The lowest BCUT2D eigenvalue weighted by atomic mass is 9.96. The van der Waals surface area contributed by atoms with Gasteiger partial charge in [0.25, 0.3) is 5.69 Å². The fourth-order valence-corrected chi connectivity index (χ4v) is 2.47. The van der Waals surface area contributed by atoms with Crippen LogP contribution in [0, 0.1) is 16.0 Å². The molecule has 1 aromatic carbocycles. The summed E-state index contributed by atoms with van der Waals surface area (Å²) in [5, 5.41) is 24.4. The third kappa shape index (κ3) is 4.44. The lowest BCUT2D eigenvalue weighted by Crippen LogP contribution is -2.32. The number of nitro groups is 1. The molecular formula is C14H21ClN2O3. The molecular weight excluding hydrogens is 280 g/mol. The number of hydrogen-bond acceptors (Lipinski definition) is 4. The first-order valence-electron chi connectivity index (χ1n) is 6.81. The van der Waals surface area contributed by atoms with Gasteiger partial charge >= 0.3 is 0 Å². The van der Waals surface area contributed by atoms with Gasteiger partial charge in [-0.05, 0) is 12.0 Å². The minimum absolute atomic E-state index is 0.00187. The molecule has 0 saturated heterocycles. The van der Waals surface area contributed by atoms with Crippen LogP contribution in [0.2, 0.25) is 5.02 Å². The van der Waals surface area contributed by atoms with E-state index < -0.39 is 11.0 Å². The minimum atomic E-state index is -0.452. The van der Waals surface area contributed by atoms with E-state index in [0.29, 0.717) is 17.1 Å². The number of nitro benzene ring substituents is 1. The molecule has 0 fully saturated rings. The van der Waals surface area contributed by atoms with E-state index >= 15 is 0 Å². The van der Waals surface area contributed by atoms with Gasteiger partial charge in [0, 0.05) is 19.2 Å². The molecule has 0 aliphatic rings. The second kappa shape index (κ2) is 8.19. The van der Waals surface area contributed by atoms with Crippen LogP contribution in [0.1, 0.15) is 32.3 Å². The number of hydrogen-bond donors (Lipinski definition) is 2. The number of halogens is 1. The minimum Gasteiger partial charge on any atom is -0.392 e. The molecule has 0 amide bonds. The highest BCUT2D eigenvalue weighted by atomic mass is 35.5. The Bertz CT molecular complexity index is 450. The highest BCUT2D eigenvalue weighted by Gasteiger charge is 2.18. The molecule has 0 bridgehead atoms. The molecule has 0 radical (unpaired) electrons. The maximum atomic E-state index is 10.9. The summed E-state index contributed by atoms with van der Waals surface area (Å²) < 4.78 is 0. The molecule has 5 nitrogen and oxygen atoms in total. The smallest absolute Gasteiger partial charge is 0.275 e. The van der Waals surface area contributed by atoms with Crippen LogP contribution in [-0.2, 0) is 6.54 Å². The molecule has 1 aromatic rings. The highest BCUT2D eigenvalue weighted by Crippen LogP contribution is 2.26. The van der Waals surface area contributed by atoms with Gasteiger partial charge in [-0.2, -0.15) is 0 Å². The molecule has 1 rings (SSSR count). The summed E-state index contributed by atoms with van der Waals surface area (Å²) in [4.78, 5) is 10.5. The van der Waals surface area contributed by atoms with Gasteiger partial charge in [-0.1, -0.05) is 44.4 Å². The first-order valence-corrected chi connectivity index (χ1v) is 7.19. The average Bonchev–Trinajstić information content (AvgIpc) is 2.41. The molecule has 0 aliphatic carbocycles. The number of nitrogens with zero attached hydrogens (tertiary/aromatic N) is 1. The summed E-state index contributed by atoms with van der Waals surface area (Å²) in [5.41, 5.74) is 0.456. The predicted molar refractivity (Wildman–Crippen MR) is 79.9 cm³/mol. The van der Waals surface area contributed by atoms with Gasteiger partial charge in [0.15, 0.2) is 0 Å². The Labute approximate surface area is 124 Å². The number of aliphatic hydroxyl groups excluding tert-OH is 1. The Balaban J connectivity index is 2.64. The molecule has 0 spiro atoms. The van der Waals surface area contributed by atoms with Crippen molar-refractivity contribution in [2.75, 3.05) is 6.54 Å². The number of benzene rings is 1. The summed E-state index contributed by atoms with van der Waals surface area (Å²) in [6.45, 7) is 4.74. The molecule has 6 heteroatoms. The van der Waals surface area contributed by atoms with Crippen molar-refractivity contribution in [3.05, 3.63) is 38.9 Å². The fourth-order valence-electron chi connectivity index (χ4n) is 2.24. The van der Waals surface area contributed by atoms with Crippen LogP contribution in [-0.4, -0.2) is 22.7 Å². The monoisotopic (exact) mass is 300 g/mol. The Morgan fingerprint density at radius 3 is 2.60 bits per heavy atom. The van der Waals surface area contributed by atoms with Gasteiger partial charge in [0.1, 0.15) is 0 Å². The lowest BCUT2D eigenvalue weighted by Gasteiger charge is -2.20. The Kier molecular flexibility index (Phi) is 6.91. The van der Waals surface area contributed by atoms with E-state index in [-0.39, 0.29) is 18.2 Å². The van der Waals surface area contributed by atoms with Crippen LogP contribution in [0.5, 0.6) is 0 Å². The normalized spacial score (nSPS) is 12.7. The molecule has 1 unspecified atom stereocenters. The summed E-state index contributed by atoms with van der Waals surface area (Å²) >= 11 is 6.00. The van der Waals surface area contributed by atoms with Gasteiger partial charge < -0.3 is 10.4 Å². The number of rotatable bonds is 8. The van der Waals surface area contributed by atoms with Crippen molar-refractivity contribution in [3.8, 4) is 0 Å². The summed E-state index contributed by atoms with van der Waals surface area (Å²) in [6.07, 6.45) is 1.36. The van der Waals surface area contributed by atoms with Crippen LogP contribution in [0.4, 0.5) is 5.69 Å². The maximum absolute atomic E-state index is 10.9. The van der Waals surface area contributed by atoms with E-state index in [9.17, 15) is 15.2 Å². The Morgan fingerprint density at radius 2 is 2.05 bits per heavy atom. The van der Waals surface area contributed by atoms with E-state index in [0.717, 1.165) is 12.8 Å². The van der Waals surface area contributed by atoms with E-state index in [1.807, 2.05) is 13.8 Å². The van der Waals surface area contributed by atoms with Gasteiger partial charge in [-0.3, -0.25) is 10.1 Å². The molecule has 1 atom stereocenters. The molecule has 0 heterocycles. The quantitative estimate of drug-likeness (QED) is 0.571. The zero-order chi connectivity index (χ0) is 15.1. The Morgan fingerprint density at radius 1 is 1.40 bits per heavy atom. The highest BCUT2D eigenvalue weighted by molar-refractivity contribution is 6.31. The van der Waals surface area contributed by atoms with Gasteiger partial charge in [-0.25, -0.2) is 0 Å². The summed E-state index contributed by atoms with van der Waals surface area (Å²) in [6, 6.07) is 4.62. The third-order valence-electron chi connectivity index (χ3n) is 3.54. The van der Waals surface area contributed by atoms with E-state index in [4.69, 9.17) is 11.6 Å². The van der Waals surface area contributed by atoms with E-state index in [1.165, 1.54) is 6.07 Å². The number of nitrogens with one attached hydrogen (secondary N) is 1. The van der Waals surface area contributed by atoms with Gasteiger partial charge in [0.05, 0.1) is 21.6 Å². The second-order valence-corrected chi connectivity index (χ2v) is 5.18. The lowest BCUT2D eigenvalue weighted by molar-refractivity contribution is -0.385. The standard InChI is InChI=1S/C14H21ClN2O3/c1-3-10(4-2)14(18)9-16-8-11-12(15)6-5-7-13(11)17(19)20/h5-7,10,14,16,18H,3-4,8-9H2,1-2H3. The molecule has 0 aliphatic heterocycles. The predicted octanol–water partition coefficient (Wildman–Crippen LogP) is 3.13. The second-order valence-electron chi connectivity index (χ2n) is 4.77. The average molecular weight is 301 g/mol. The molecule has 0 aromatic heterocycles. The van der Waals surface area contributed by atoms with Gasteiger partial charge in [0.2, 0.25) is 0 Å². The van der Waals surface area contributed by atoms with Gasteiger partial charge in [-0.15, -0.1) is 0 Å². The third-order valence-corrected chi connectivity index (χ3v) is 3.89. The summed E-state index contributed by atoms with van der Waals surface area (Å²) in [7, 11) is 0. The maximum Gasteiger partial charge on any atom is 0.275 e. The SMILES string of the molecule is CCC(CC)C(O)CNCc1c(Cl)cccc1[N+](=O)[O-]. The van der Waals surface area contributed by atoms with Crippen molar-refractivity contribution in [2.24, 2.45) is 5.92 Å². The fraction of sp³-hybridized carbons (Fsp3) is 0.571. The first-order chi connectivity index (χ1) is 9.51. The molecule has 2 N–H and O–H groups in total. The topological polar surface area (TPSA) is 75.4 Å². The van der Waals surface area contributed by atoms with Crippen molar-refractivity contribution >= 4 is 17.3 Å². The van der Waals surface area contributed by atoms with E-state index in [2.05, 4.69) is 5.32 Å². The van der Waals surface area contributed by atoms with Crippen molar-refractivity contribution in [1.82, 2.24) is 5.32 Å². The van der Waals surface area contributed by atoms with Crippen LogP contribution in [0.3, 0.4) is 0 Å². The van der Waals surface area contributed by atoms with Crippen molar-refractivity contribution in [3.63, 3.8) is 0 Å². The summed E-state index contributed by atoms with van der Waals surface area (Å²) in [5.74, 6) is 0.240. The number of aliphatic hydroxyl groups is 1. The molecule has 0 saturated carbocycles. The van der Waals surface area contributed by atoms with Crippen LogP contribution in [0.15, 0.2) is 18.2 Å². The Hall–Kier alpha value is -1.17. The van der Waals surface area contributed by atoms with Crippen LogP contribution >= 0.6 is 11.6 Å². The van der Waals surface area contributed by atoms with Crippen molar-refractivity contribution in [1.29, 1.82) is 0 Å². The van der Waals surface area contributed by atoms with Crippen LogP contribution in [0.25, 0.3) is 0 Å².